The Bertz CT molecular complexity index is 381. The molecular formula is C12H15NO3. The van der Waals surface area contributed by atoms with Crippen molar-refractivity contribution in [3.05, 3.63) is 23.8 Å². The lowest BCUT2D eigenvalue weighted by molar-refractivity contribution is -0.119. The summed E-state index contributed by atoms with van der Waals surface area (Å²) in [5.74, 6) is 1.84. The van der Waals surface area contributed by atoms with E-state index in [4.69, 9.17) is 9.47 Å². The molecule has 1 N–H and O–H groups in total. The van der Waals surface area contributed by atoms with Gasteiger partial charge in [0, 0.05) is 24.9 Å². The summed E-state index contributed by atoms with van der Waals surface area (Å²) in [6.45, 7) is 0.690. The molecule has 4 nitrogen and oxygen atoms in total. The zero-order valence-electron chi connectivity index (χ0n) is 9.45. The first-order chi connectivity index (χ1) is 7.72. The largest absolute Gasteiger partial charge is 0.497 e. The third-order valence-corrected chi connectivity index (χ3v) is 2.82. The number of benzene rings is 1. The maximum absolute atomic E-state index is 11.2. The monoisotopic (exact) mass is 221 g/mol. The maximum atomic E-state index is 11.2. The molecule has 0 spiro atoms. The van der Waals surface area contributed by atoms with E-state index >= 15 is 0 Å². The Labute approximate surface area is 94.6 Å². The van der Waals surface area contributed by atoms with Gasteiger partial charge in [-0.15, -0.1) is 0 Å². The van der Waals surface area contributed by atoms with Crippen LogP contribution >= 0.6 is 0 Å². The van der Waals surface area contributed by atoms with Gasteiger partial charge in [0.25, 0.3) is 0 Å². The molecule has 1 aromatic carbocycles. The van der Waals surface area contributed by atoms with Crippen LogP contribution in [0.5, 0.6) is 11.5 Å². The van der Waals surface area contributed by atoms with Crippen LogP contribution in [0.3, 0.4) is 0 Å². The minimum absolute atomic E-state index is 0.104. The third-order valence-electron chi connectivity index (χ3n) is 2.82. The molecule has 2 rings (SSSR count). The van der Waals surface area contributed by atoms with Gasteiger partial charge >= 0.3 is 0 Å². The summed E-state index contributed by atoms with van der Waals surface area (Å²) in [6.07, 6.45) is 0.538. The summed E-state index contributed by atoms with van der Waals surface area (Å²) >= 11 is 0. The van der Waals surface area contributed by atoms with Crippen LogP contribution < -0.4 is 14.8 Å². The minimum Gasteiger partial charge on any atom is -0.497 e. The molecule has 1 heterocycles. The number of hydrogen-bond acceptors (Lipinski definition) is 3. The Morgan fingerprint density at radius 3 is 2.25 bits per heavy atom. The highest BCUT2D eigenvalue weighted by atomic mass is 16.5. The number of methoxy groups -OCH3 is 2. The molecule has 86 valence electrons. The zero-order valence-corrected chi connectivity index (χ0v) is 9.45. The molecule has 0 saturated carbocycles. The average molecular weight is 221 g/mol. The Kier molecular flexibility index (Phi) is 2.99. The van der Waals surface area contributed by atoms with Crippen molar-refractivity contribution < 1.29 is 14.3 Å². The number of carbonyl (C=O) groups is 1. The molecule has 1 atom stereocenters. The zero-order chi connectivity index (χ0) is 11.5. The van der Waals surface area contributed by atoms with Gasteiger partial charge < -0.3 is 14.8 Å². The summed E-state index contributed by atoms with van der Waals surface area (Å²) < 4.78 is 10.4. The molecule has 16 heavy (non-hydrogen) atoms. The summed E-state index contributed by atoms with van der Waals surface area (Å²) in [6, 6.07) is 5.73. The number of hydrogen-bond donors (Lipinski definition) is 1. The molecule has 1 unspecified atom stereocenters. The smallest absolute Gasteiger partial charge is 0.220 e. The van der Waals surface area contributed by atoms with Gasteiger partial charge in [-0.1, -0.05) is 0 Å². The molecular weight excluding hydrogens is 206 g/mol. The summed E-state index contributed by atoms with van der Waals surface area (Å²) in [4.78, 5) is 11.2. The van der Waals surface area contributed by atoms with E-state index in [1.807, 2.05) is 18.2 Å². The van der Waals surface area contributed by atoms with Crippen LogP contribution in [0.25, 0.3) is 0 Å². The highest BCUT2D eigenvalue weighted by Gasteiger charge is 2.23. The Balaban J connectivity index is 2.29. The van der Waals surface area contributed by atoms with Gasteiger partial charge in [-0.05, 0) is 17.7 Å². The molecule has 1 fully saturated rings. The molecule has 0 radical (unpaired) electrons. The van der Waals surface area contributed by atoms with Crippen molar-refractivity contribution in [3.63, 3.8) is 0 Å². The fourth-order valence-electron chi connectivity index (χ4n) is 1.91. The number of ether oxygens (including phenoxy) is 2. The van der Waals surface area contributed by atoms with Crippen molar-refractivity contribution in [2.24, 2.45) is 0 Å². The number of rotatable bonds is 3. The maximum Gasteiger partial charge on any atom is 0.220 e. The molecule has 1 amide bonds. The van der Waals surface area contributed by atoms with Crippen LogP contribution in [0.15, 0.2) is 18.2 Å². The first-order valence-electron chi connectivity index (χ1n) is 5.22. The van der Waals surface area contributed by atoms with Gasteiger partial charge in [-0.3, -0.25) is 4.79 Å². The van der Waals surface area contributed by atoms with E-state index in [-0.39, 0.29) is 11.8 Å². The lowest BCUT2D eigenvalue weighted by atomic mass is 9.98. The second-order valence-corrected chi connectivity index (χ2v) is 3.85. The summed E-state index contributed by atoms with van der Waals surface area (Å²) in [7, 11) is 3.24. The van der Waals surface area contributed by atoms with E-state index in [0.717, 1.165) is 17.1 Å². The van der Waals surface area contributed by atoms with E-state index in [9.17, 15) is 4.79 Å². The van der Waals surface area contributed by atoms with Crippen molar-refractivity contribution in [1.29, 1.82) is 0 Å². The quantitative estimate of drug-likeness (QED) is 0.837. The summed E-state index contributed by atoms with van der Waals surface area (Å²) in [5, 5.41) is 2.82. The lowest BCUT2D eigenvalue weighted by Gasteiger charge is -2.12. The fraction of sp³-hybridized carbons (Fsp3) is 0.417. The molecule has 0 aromatic heterocycles. The second kappa shape index (κ2) is 4.43. The van der Waals surface area contributed by atoms with Crippen molar-refractivity contribution in [1.82, 2.24) is 5.32 Å². The standard InChI is InChI=1S/C12H15NO3/c1-15-10-3-8(4-11(6-10)16-2)9-5-12(14)13-7-9/h3-4,6,9H,5,7H2,1-2H3,(H,13,14). The molecule has 0 bridgehead atoms. The number of carbonyl (C=O) groups excluding carboxylic acids is 1. The van der Waals surface area contributed by atoms with Gasteiger partial charge in [0.1, 0.15) is 11.5 Å². The van der Waals surface area contributed by atoms with Crippen LogP contribution in [0.2, 0.25) is 0 Å². The molecule has 1 aliphatic heterocycles. The Morgan fingerprint density at radius 2 is 1.81 bits per heavy atom. The highest BCUT2D eigenvalue weighted by Crippen LogP contribution is 2.30. The van der Waals surface area contributed by atoms with E-state index in [0.29, 0.717) is 13.0 Å². The van der Waals surface area contributed by atoms with Gasteiger partial charge in [0.2, 0.25) is 5.91 Å². The van der Waals surface area contributed by atoms with Crippen molar-refractivity contribution >= 4 is 5.91 Å². The van der Waals surface area contributed by atoms with E-state index in [1.165, 1.54) is 0 Å². The molecule has 1 aliphatic rings. The molecule has 4 heteroatoms. The highest BCUT2D eigenvalue weighted by molar-refractivity contribution is 5.79. The van der Waals surface area contributed by atoms with Crippen molar-refractivity contribution in [2.75, 3.05) is 20.8 Å². The van der Waals surface area contributed by atoms with Crippen LogP contribution in [0, 0.1) is 0 Å². The lowest BCUT2D eigenvalue weighted by Crippen LogP contribution is -2.13. The fourth-order valence-corrected chi connectivity index (χ4v) is 1.91. The van der Waals surface area contributed by atoms with Crippen molar-refractivity contribution in [2.45, 2.75) is 12.3 Å². The number of amides is 1. The van der Waals surface area contributed by atoms with Gasteiger partial charge in [-0.2, -0.15) is 0 Å². The predicted octanol–water partition coefficient (Wildman–Crippen LogP) is 1.31. The van der Waals surface area contributed by atoms with Crippen LogP contribution in [0.4, 0.5) is 0 Å². The van der Waals surface area contributed by atoms with E-state index < -0.39 is 0 Å². The van der Waals surface area contributed by atoms with E-state index in [2.05, 4.69) is 5.32 Å². The van der Waals surface area contributed by atoms with Crippen LogP contribution in [-0.4, -0.2) is 26.7 Å². The summed E-state index contributed by atoms with van der Waals surface area (Å²) in [5.41, 5.74) is 1.08. The Hall–Kier alpha value is -1.71. The number of nitrogens with one attached hydrogen (secondary N) is 1. The van der Waals surface area contributed by atoms with Crippen molar-refractivity contribution in [3.8, 4) is 11.5 Å². The van der Waals surface area contributed by atoms with Gasteiger partial charge in [-0.25, -0.2) is 0 Å². The van der Waals surface area contributed by atoms with Gasteiger partial charge in [0.05, 0.1) is 14.2 Å². The topological polar surface area (TPSA) is 47.6 Å². The van der Waals surface area contributed by atoms with E-state index in [1.54, 1.807) is 14.2 Å². The van der Waals surface area contributed by atoms with Crippen LogP contribution in [-0.2, 0) is 4.79 Å². The third kappa shape index (κ3) is 2.10. The first-order valence-corrected chi connectivity index (χ1v) is 5.22. The average Bonchev–Trinajstić information content (AvgIpc) is 2.75. The molecule has 1 aromatic rings. The Morgan fingerprint density at radius 1 is 1.19 bits per heavy atom. The normalized spacial score (nSPS) is 19.4. The predicted molar refractivity (Wildman–Crippen MR) is 59.9 cm³/mol. The second-order valence-electron chi connectivity index (χ2n) is 3.85. The molecule has 1 saturated heterocycles. The minimum atomic E-state index is 0.104. The van der Waals surface area contributed by atoms with Crippen LogP contribution in [0.1, 0.15) is 17.9 Å². The van der Waals surface area contributed by atoms with Gasteiger partial charge in [0.15, 0.2) is 0 Å². The first kappa shape index (κ1) is 10.8. The SMILES string of the molecule is COc1cc(OC)cc(C2CNC(=O)C2)c1. The molecule has 0 aliphatic carbocycles.